The van der Waals surface area contributed by atoms with Crippen molar-refractivity contribution in [1.82, 2.24) is 4.68 Å². The maximum Gasteiger partial charge on any atom is 0.485 e. The van der Waals surface area contributed by atoms with Crippen molar-refractivity contribution >= 4 is 10.1 Å². The van der Waals surface area contributed by atoms with E-state index < -0.39 is 15.6 Å². The van der Waals surface area contributed by atoms with Crippen LogP contribution >= 0.6 is 0 Å². The lowest BCUT2D eigenvalue weighted by molar-refractivity contribution is -0.677. The first-order valence-electron chi connectivity index (χ1n) is 8.89. The van der Waals surface area contributed by atoms with Gasteiger partial charge in [0.1, 0.15) is 11.9 Å². The van der Waals surface area contributed by atoms with Crippen molar-refractivity contribution in [2.45, 2.75) is 31.2 Å². The fraction of sp³-hybridized carbons (Fsp3) is 0.500. The molecule has 0 unspecified atom stereocenters. The zero-order valence-corrected chi connectivity index (χ0v) is 17.2. The number of para-hydroxylation sites is 1. The number of imidazole rings is 1. The van der Waals surface area contributed by atoms with Gasteiger partial charge in [0.25, 0.3) is 5.82 Å². The quantitative estimate of drug-likeness (QED) is 0.420. The van der Waals surface area contributed by atoms with Gasteiger partial charge in [-0.1, -0.05) is 18.2 Å². The zero-order chi connectivity index (χ0) is 21.8. The summed E-state index contributed by atoms with van der Waals surface area (Å²) in [5.74, 6) is 2.80. The van der Waals surface area contributed by atoms with E-state index in [0.29, 0.717) is 5.92 Å². The first-order chi connectivity index (χ1) is 13.5. The molecule has 2 heterocycles. The second-order valence-electron chi connectivity index (χ2n) is 6.69. The average molecular weight is 435 g/mol. The molecule has 1 aromatic carbocycles. The Labute approximate surface area is 168 Å². The summed E-state index contributed by atoms with van der Waals surface area (Å²) in [4.78, 5) is 0. The van der Waals surface area contributed by atoms with Crippen LogP contribution in [0.1, 0.15) is 30.1 Å². The Morgan fingerprint density at radius 1 is 1.28 bits per heavy atom. The highest BCUT2D eigenvalue weighted by molar-refractivity contribution is 7.86. The number of hydrogen-bond donors (Lipinski definition) is 0. The molecule has 11 heteroatoms. The molecule has 0 spiro atoms. The van der Waals surface area contributed by atoms with E-state index in [4.69, 9.17) is 17.7 Å². The van der Waals surface area contributed by atoms with Gasteiger partial charge in [0.05, 0.1) is 27.2 Å². The maximum absolute atomic E-state index is 10.7. The Balaban J connectivity index is 0.000000321. The molecule has 1 aromatic heterocycles. The lowest BCUT2D eigenvalue weighted by Crippen LogP contribution is -2.44. The average Bonchev–Trinajstić information content (AvgIpc) is 2.99. The normalized spacial score (nSPS) is 17.5. The molecule has 1 fully saturated rings. The molecule has 1 saturated heterocycles. The third-order valence-corrected chi connectivity index (χ3v) is 5.41. The standard InChI is InChI=1S/C17H24N3O.CHF3O3S/c1-14-18(2)11-12-20(14)19-10-6-7-15(13-19)16-8-4-5-9-17(16)21-3;2-1(3,4)8(5,6)7/h4-5,8-9,11-12,15H,6-7,10,13H2,1-3H3;(H,5,6,7)/q+1;/p-1/t15-;/m1./s1. The predicted molar refractivity (Wildman–Crippen MR) is 99.0 cm³/mol. The highest BCUT2D eigenvalue weighted by Crippen LogP contribution is 2.32. The van der Waals surface area contributed by atoms with Crippen LogP contribution in [0.2, 0.25) is 0 Å². The first kappa shape index (κ1) is 23.0. The van der Waals surface area contributed by atoms with Gasteiger partial charge in [0.15, 0.2) is 16.3 Å². The van der Waals surface area contributed by atoms with Gasteiger partial charge in [-0.25, -0.2) is 18.0 Å². The number of ether oxygens (including phenoxy) is 1. The Morgan fingerprint density at radius 3 is 2.41 bits per heavy atom. The van der Waals surface area contributed by atoms with E-state index in [2.05, 4.69) is 58.8 Å². The Hall–Kier alpha value is -2.27. The summed E-state index contributed by atoms with van der Waals surface area (Å²) >= 11 is 0. The molecule has 0 N–H and O–H groups in total. The van der Waals surface area contributed by atoms with Crippen molar-refractivity contribution in [1.29, 1.82) is 0 Å². The molecular weight excluding hydrogens is 411 g/mol. The third kappa shape index (κ3) is 5.63. The van der Waals surface area contributed by atoms with Gasteiger partial charge >= 0.3 is 5.51 Å². The molecule has 0 radical (unpaired) electrons. The smallest absolute Gasteiger partial charge is 0.485 e. The molecular formula is C18H24F3N3O4S. The van der Waals surface area contributed by atoms with Gasteiger partial charge in [-0.3, -0.25) is 0 Å². The van der Waals surface area contributed by atoms with Gasteiger partial charge in [-0.15, -0.1) is 4.68 Å². The number of hydrogen-bond acceptors (Lipinski definition) is 5. The number of nitrogens with zero attached hydrogens (tertiary/aromatic N) is 3. The largest absolute Gasteiger partial charge is 0.741 e. The second kappa shape index (κ2) is 9.04. The minimum Gasteiger partial charge on any atom is -0.741 e. The summed E-state index contributed by atoms with van der Waals surface area (Å²) in [6, 6.07) is 8.42. The van der Waals surface area contributed by atoms with Crippen LogP contribution in [0.3, 0.4) is 0 Å². The fourth-order valence-corrected chi connectivity index (χ4v) is 3.25. The number of halogens is 3. The van der Waals surface area contributed by atoms with E-state index >= 15 is 0 Å². The van der Waals surface area contributed by atoms with Crippen LogP contribution < -0.4 is 14.3 Å². The summed E-state index contributed by atoms with van der Waals surface area (Å²) < 4.78 is 68.9. The van der Waals surface area contributed by atoms with Crippen LogP contribution in [0.15, 0.2) is 36.7 Å². The van der Waals surface area contributed by atoms with E-state index in [1.807, 2.05) is 6.07 Å². The summed E-state index contributed by atoms with van der Waals surface area (Å²) in [5.41, 5.74) is -4.31. The number of piperidine rings is 1. The van der Waals surface area contributed by atoms with Crippen LogP contribution in [-0.4, -0.2) is 43.4 Å². The van der Waals surface area contributed by atoms with Crippen LogP contribution in [0.5, 0.6) is 5.75 Å². The van der Waals surface area contributed by atoms with Gasteiger partial charge in [0.2, 0.25) is 0 Å². The van der Waals surface area contributed by atoms with Crippen molar-refractivity contribution in [3.8, 4) is 5.75 Å². The number of benzene rings is 1. The number of aryl methyl sites for hydroxylation is 1. The lowest BCUT2D eigenvalue weighted by atomic mass is 9.90. The van der Waals surface area contributed by atoms with Crippen molar-refractivity contribution in [3.05, 3.63) is 48.0 Å². The number of rotatable bonds is 3. The van der Waals surface area contributed by atoms with Crippen molar-refractivity contribution < 1.29 is 35.4 Å². The van der Waals surface area contributed by atoms with E-state index in [1.54, 1.807) is 7.11 Å². The molecule has 0 saturated carbocycles. The SMILES string of the molecule is COc1ccccc1[C@@H]1CCCN(n2cc[n+](C)c2C)C1.O=S(=O)([O-])C(F)(F)F. The van der Waals surface area contributed by atoms with E-state index in [-0.39, 0.29) is 0 Å². The minimum absolute atomic E-state index is 0.530. The molecule has 0 bridgehead atoms. The predicted octanol–water partition coefficient (Wildman–Crippen LogP) is 2.20. The molecule has 1 atom stereocenters. The van der Waals surface area contributed by atoms with Crippen LogP contribution in [0.25, 0.3) is 0 Å². The van der Waals surface area contributed by atoms with Crippen molar-refractivity contribution in [2.24, 2.45) is 7.05 Å². The first-order valence-corrected chi connectivity index (χ1v) is 10.3. The third-order valence-electron chi connectivity index (χ3n) is 4.84. The van der Waals surface area contributed by atoms with E-state index in [1.165, 1.54) is 24.2 Å². The molecule has 1 aliphatic heterocycles. The van der Waals surface area contributed by atoms with Gasteiger partial charge in [-0.2, -0.15) is 13.2 Å². The topological polar surface area (TPSA) is 78.5 Å². The molecule has 29 heavy (non-hydrogen) atoms. The monoisotopic (exact) mass is 435 g/mol. The highest BCUT2D eigenvalue weighted by atomic mass is 32.2. The summed E-state index contributed by atoms with van der Waals surface area (Å²) in [6.07, 6.45) is 6.70. The Bertz CT molecular complexity index is 929. The zero-order valence-electron chi connectivity index (χ0n) is 16.4. The molecule has 0 amide bonds. The van der Waals surface area contributed by atoms with Crippen LogP contribution in [-0.2, 0) is 17.2 Å². The fourth-order valence-electron chi connectivity index (χ4n) is 3.25. The Kier molecular flexibility index (Phi) is 7.17. The molecule has 7 nitrogen and oxygen atoms in total. The minimum atomic E-state index is -6.09. The van der Waals surface area contributed by atoms with E-state index in [0.717, 1.165) is 18.8 Å². The van der Waals surface area contributed by atoms with Gasteiger partial charge in [0, 0.05) is 12.8 Å². The molecule has 162 valence electrons. The molecule has 1 aliphatic rings. The van der Waals surface area contributed by atoms with E-state index in [9.17, 15) is 13.2 Å². The highest BCUT2D eigenvalue weighted by Gasteiger charge is 2.37. The Morgan fingerprint density at radius 2 is 1.90 bits per heavy atom. The van der Waals surface area contributed by atoms with Gasteiger partial charge < -0.3 is 9.29 Å². The van der Waals surface area contributed by atoms with Crippen molar-refractivity contribution in [2.75, 3.05) is 25.2 Å². The number of aromatic nitrogens is 2. The molecule has 0 aliphatic carbocycles. The summed E-state index contributed by atoms with van der Waals surface area (Å²) in [7, 11) is -2.24. The van der Waals surface area contributed by atoms with Gasteiger partial charge in [-0.05, 0) is 24.5 Å². The second-order valence-corrected chi connectivity index (χ2v) is 8.07. The summed E-state index contributed by atoms with van der Waals surface area (Å²) in [5, 5.41) is 2.44. The van der Waals surface area contributed by atoms with Crippen LogP contribution in [0.4, 0.5) is 13.2 Å². The molecule has 3 rings (SSSR count). The van der Waals surface area contributed by atoms with Crippen molar-refractivity contribution in [3.63, 3.8) is 0 Å². The lowest BCUT2D eigenvalue weighted by Gasteiger charge is -2.32. The number of alkyl halides is 3. The number of methoxy groups -OCH3 is 1. The molecule has 2 aromatic rings. The van der Waals surface area contributed by atoms with Crippen LogP contribution in [0, 0.1) is 6.92 Å². The maximum atomic E-state index is 10.7. The summed E-state index contributed by atoms with van der Waals surface area (Å²) in [6.45, 7) is 4.31.